The maximum absolute atomic E-state index is 13.4. The number of anilines is 1. The van der Waals surface area contributed by atoms with Crippen molar-refractivity contribution in [1.82, 2.24) is 4.98 Å². The van der Waals surface area contributed by atoms with Gasteiger partial charge in [0.15, 0.2) is 5.13 Å². The molecule has 1 amide bonds. The number of fused-ring (bicyclic) bond motifs is 1. The van der Waals surface area contributed by atoms with Crippen LogP contribution < -0.4 is 14.4 Å². The predicted octanol–water partition coefficient (Wildman–Crippen LogP) is 5.72. The van der Waals surface area contributed by atoms with Gasteiger partial charge in [-0.05, 0) is 54.4 Å². The molecule has 1 unspecified atom stereocenters. The highest BCUT2D eigenvalue weighted by atomic mass is 32.1. The molecule has 0 bridgehead atoms. The van der Waals surface area contributed by atoms with E-state index in [1.165, 1.54) is 16.2 Å². The van der Waals surface area contributed by atoms with Crippen molar-refractivity contribution in [1.29, 1.82) is 0 Å². The van der Waals surface area contributed by atoms with Crippen LogP contribution in [0.5, 0.6) is 11.5 Å². The average molecular weight is 501 g/mol. The molecule has 1 fully saturated rings. The van der Waals surface area contributed by atoms with Crippen molar-refractivity contribution < 1.29 is 24.2 Å². The van der Waals surface area contributed by atoms with E-state index < -0.39 is 17.7 Å². The van der Waals surface area contributed by atoms with E-state index in [0.717, 1.165) is 11.1 Å². The second-order valence-corrected chi connectivity index (χ2v) is 9.29. The zero-order valence-corrected chi connectivity index (χ0v) is 20.6. The number of carbonyl (C=O) groups is 2. The lowest BCUT2D eigenvalue weighted by Gasteiger charge is -2.22. The number of rotatable bonds is 7. The number of hydrogen-bond acceptors (Lipinski definition) is 7. The van der Waals surface area contributed by atoms with Gasteiger partial charge in [0.25, 0.3) is 5.78 Å². The Morgan fingerprint density at radius 2 is 1.75 bits per heavy atom. The number of ketones is 1. The van der Waals surface area contributed by atoms with E-state index in [1.807, 2.05) is 49.4 Å². The molecule has 1 N–H and O–H groups in total. The van der Waals surface area contributed by atoms with Gasteiger partial charge in [-0.1, -0.05) is 48.6 Å². The lowest BCUT2D eigenvalue weighted by atomic mass is 9.95. The molecular weight excluding hydrogens is 476 g/mol. The van der Waals surface area contributed by atoms with Crippen molar-refractivity contribution in [3.05, 3.63) is 89.5 Å². The van der Waals surface area contributed by atoms with Crippen LogP contribution in [0.15, 0.2) is 78.4 Å². The summed E-state index contributed by atoms with van der Waals surface area (Å²) in [5, 5.41) is 11.7. The third-order valence-corrected chi connectivity index (χ3v) is 6.97. The summed E-state index contributed by atoms with van der Waals surface area (Å²) in [6.45, 7) is 2.60. The molecule has 3 aromatic carbocycles. The summed E-state index contributed by atoms with van der Waals surface area (Å²) in [6, 6.07) is 20.6. The number of ether oxygens (including phenoxy) is 2. The summed E-state index contributed by atoms with van der Waals surface area (Å²) < 4.78 is 11.7. The third-order valence-electron chi connectivity index (χ3n) is 5.95. The summed E-state index contributed by atoms with van der Waals surface area (Å²) in [4.78, 5) is 32.7. The van der Waals surface area contributed by atoms with E-state index in [4.69, 9.17) is 9.47 Å². The Bertz CT molecular complexity index is 1460. The van der Waals surface area contributed by atoms with Gasteiger partial charge in [0.1, 0.15) is 17.3 Å². The molecule has 7 nitrogen and oxygen atoms in total. The van der Waals surface area contributed by atoms with E-state index in [9.17, 15) is 14.7 Å². The quantitative estimate of drug-likeness (QED) is 0.198. The largest absolute Gasteiger partial charge is 0.507 e. The number of methoxy groups -OCH3 is 1. The van der Waals surface area contributed by atoms with Crippen LogP contribution in [0.3, 0.4) is 0 Å². The fourth-order valence-corrected chi connectivity index (χ4v) is 5.21. The lowest BCUT2D eigenvalue weighted by Crippen LogP contribution is -2.29. The first-order valence-corrected chi connectivity index (χ1v) is 12.4. The monoisotopic (exact) mass is 500 g/mol. The Kier molecular flexibility index (Phi) is 6.43. The van der Waals surface area contributed by atoms with Crippen LogP contribution in [0.1, 0.15) is 30.5 Å². The minimum atomic E-state index is -0.829. The van der Waals surface area contributed by atoms with E-state index in [2.05, 4.69) is 4.98 Å². The van der Waals surface area contributed by atoms with Gasteiger partial charge in [0.2, 0.25) is 0 Å². The number of Topliss-reactive ketones (excluding diaryl/α,β-unsaturated/α-hetero) is 1. The minimum absolute atomic E-state index is 0.0188. The smallest absolute Gasteiger partial charge is 0.301 e. The Hall–Kier alpha value is -4.17. The van der Waals surface area contributed by atoms with Crippen molar-refractivity contribution in [2.24, 2.45) is 0 Å². The number of hydrogen-bond donors (Lipinski definition) is 1. The molecule has 1 saturated heterocycles. The predicted molar refractivity (Wildman–Crippen MR) is 140 cm³/mol. The molecule has 0 spiro atoms. The molecule has 4 aromatic rings. The first kappa shape index (κ1) is 23.6. The molecule has 0 aliphatic carbocycles. The van der Waals surface area contributed by atoms with E-state index in [1.54, 1.807) is 37.4 Å². The molecule has 182 valence electrons. The first-order valence-electron chi connectivity index (χ1n) is 11.6. The van der Waals surface area contributed by atoms with Crippen molar-refractivity contribution in [2.75, 3.05) is 18.6 Å². The standard InChI is InChI=1S/C28H24N2O5S/c1-3-15-35-19-11-9-18(10-12-19)25(31)23-24(17-7-5-4-6-8-17)30(27(33)26(23)32)28-29-21-14-13-20(34-2)16-22(21)36-28/h4-14,16,24,31H,3,15H2,1-2H3. The van der Waals surface area contributed by atoms with Gasteiger partial charge in [0, 0.05) is 5.56 Å². The Morgan fingerprint density at radius 3 is 2.44 bits per heavy atom. The van der Waals surface area contributed by atoms with Gasteiger partial charge in [-0.3, -0.25) is 14.5 Å². The van der Waals surface area contributed by atoms with Gasteiger partial charge in [-0.25, -0.2) is 4.98 Å². The Balaban J connectivity index is 1.63. The number of amides is 1. The molecule has 0 radical (unpaired) electrons. The number of aromatic nitrogens is 1. The van der Waals surface area contributed by atoms with E-state index in [0.29, 0.717) is 39.9 Å². The number of aliphatic hydroxyl groups excluding tert-OH is 1. The molecular formula is C28H24N2O5S. The summed E-state index contributed by atoms with van der Waals surface area (Å²) >= 11 is 1.29. The third kappa shape index (κ3) is 4.20. The molecule has 1 atom stereocenters. The fourth-order valence-electron chi connectivity index (χ4n) is 4.19. The number of carbonyl (C=O) groups excluding carboxylic acids is 2. The highest BCUT2D eigenvalue weighted by Gasteiger charge is 2.48. The summed E-state index contributed by atoms with van der Waals surface area (Å²) in [6.07, 6.45) is 0.876. The van der Waals surface area contributed by atoms with Crippen molar-refractivity contribution >= 4 is 44.1 Å². The Morgan fingerprint density at radius 1 is 1.03 bits per heavy atom. The highest BCUT2D eigenvalue weighted by Crippen LogP contribution is 2.44. The molecule has 8 heteroatoms. The molecule has 36 heavy (non-hydrogen) atoms. The second-order valence-electron chi connectivity index (χ2n) is 8.28. The molecule has 2 heterocycles. The van der Waals surface area contributed by atoms with Crippen molar-refractivity contribution in [3.63, 3.8) is 0 Å². The number of aliphatic hydroxyl groups is 1. The average Bonchev–Trinajstić information content (AvgIpc) is 3.45. The van der Waals surface area contributed by atoms with Gasteiger partial charge in [-0.2, -0.15) is 0 Å². The van der Waals surface area contributed by atoms with Crippen LogP contribution in [0.2, 0.25) is 0 Å². The molecule has 1 aliphatic heterocycles. The van der Waals surface area contributed by atoms with Crippen LogP contribution in [-0.4, -0.2) is 35.5 Å². The van der Waals surface area contributed by atoms with E-state index >= 15 is 0 Å². The zero-order chi connectivity index (χ0) is 25.2. The van der Waals surface area contributed by atoms with Crippen LogP contribution in [0.25, 0.3) is 16.0 Å². The van der Waals surface area contributed by atoms with Gasteiger partial charge in [0.05, 0.1) is 35.5 Å². The fraction of sp³-hybridized carbons (Fsp3) is 0.179. The number of thiazole rings is 1. The minimum Gasteiger partial charge on any atom is -0.507 e. The van der Waals surface area contributed by atoms with Crippen LogP contribution in [0.4, 0.5) is 5.13 Å². The van der Waals surface area contributed by atoms with Gasteiger partial charge < -0.3 is 14.6 Å². The Labute approximate surface area is 212 Å². The SMILES string of the molecule is CCCOc1ccc(C(O)=C2C(=O)C(=O)N(c3nc4ccc(OC)cc4s3)C2c2ccccc2)cc1. The van der Waals surface area contributed by atoms with E-state index in [-0.39, 0.29) is 11.3 Å². The highest BCUT2D eigenvalue weighted by molar-refractivity contribution is 7.22. The first-order chi connectivity index (χ1) is 17.5. The van der Waals surface area contributed by atoms with Crippen molar-refractivity contribution in [3.8, 4) is 11.5 Å². The zero-order valence-electron chi connectivity index (χ0n) is 19.8. The molecule has 5 rings (SSSR count). The number of benzene rings is 3. The lowest BCUT2D eigenvalue weighted by molar-refractivity contribution is -0.132. The topological polar surface area (TPSA) is 89.0 Å². The van der Waals surface area contributed by atoms with Crippen LogP contribution in [-0.2, 0) is 9.59 Å². The molecule has 1 aromatic heterocycles. The second kappa shape index (κ2) is 9.83. The summed E-state index contributed by atoms with van der Waals surface area (Å²) in [7, 11) is 1.58. The molecule has 1 aliphatic rings. The summed E-state index contributed by atoms with van der Waals surface area (Å²) in [5.74, 6) is -0.401. The number of nitrogens with zero attached hydrogens (tertiary/aromatic N) is 2. The summed E-state index contributed by atoms with van der Waals surface area (Å²) in [5.41, 5.74) is 1.82. The van der Waals surface area contributed by atoms with Crippen molar-refractivity contribution in [2.45, 2.75) is 19.4 Å². The van der Waals surface area contributed by atoms with Crippen LogP contribution in [0, 0.1) is 0 Å². The molecule has 0 saturated carbocycles. The maximum atomic E-state index is 13.4. The van der Waals surface area contributed by atoms with Gasteiger partial charge >= 0.3 is 5.91 Å². The van der Waals surface area contributed by atoms with Crippen LogP contribution >= 0.6 is 11.3 Å². The maximum Gasteiger partial charge on any atom is 0.301 e. The normalized spacial score (nSPS) is 17.1. The van der Waals surface area contributed by atoms with Gasteiger partial charge in [-0.15, -0.1) is 0 Å².